The lowest BCUT2D eigenvalue weighted by Gasteiger charge is -2.40. The number of pyridine rings is 1. The first kappa shape index (κ1) is 12.5. The Morgan fingerprint density at radius 1 is 1.53 bits per heavy atom. The Kier molecular flexibility index (Phi) is 3.76. The van der Waals surface area contributed by atoms with E-state index in [1.807, 2.05) is 24.5 Å². The number of hydrogen-bond acceptors (Lipinski definition) is 4. The van der Waals surface area contributed by atoms with E-state index in [9.17, 15) is 0 Å². The maximum absolute atomic E-state index is 5.98. The van der Waals surface area contributed by atoms with Crippen molar-refractivity contribution in [3.63, 3.8) is 0 Å². The van der Waals surface area contributed by atoms with E-state index in [0.717, 1.165) is 19.6 Å². The van der Waals surface area contributed by atoms with E-state index in [0.29, 0.717) is 6.54 Å². The van der Waals surface area contributed by atoms with Crippen LogP contribution in [0.2, 0.25) is 0 Å². The molecule has 1 aliphatic heterocycles. The average Bonchev–Trinajstić information content (AvgIpc) is 2.73. The molecule has 0 aromatic carbocycles. The van der Waals surface area contributed by atoms with Gasteiger partial charge < -0.3 is 10.5 Å². The van der Waals surface area contributed by atoms with Crippen molar-refractivity contribution in [1.82, 2.24) is 9.88 Å². The summed E-state index contributed by atoms with van der Waals surface area (Å²) in [4.78, 5) is 6.35. The third kappa shape index (κ3) is 2.34. The first-order valence-corrected chi connectivity index (χ1v) is 6.11. The first-order valence-electron chi connectivity index (χ1n) is 6.11. The SMILES string of the molecule is CC1OCCC1(CN)N(C)Cc1ccncc1. The standard InChI is InChI=1S/C13H21N3O/c1-11-13(10-14,5-8-17-11)16(2)9-12-3-6-15-7-4-12/h3-4,6-7,11H,5,8-10,14H2,1-2H3. The van der Waals surface area contributed by atoms with Gasteiger partial charge in [0, 0.05) is 32.1 Å². The Labute approximate surface area is 103 Å². The van der Waals surface area contributed by atoms with Crippen molar-refractivity contribution < 1.29 is 4.74 Å². The van der Waals surface area contributed by atoms with Crippen LogP contribution in [-0.2, 0) is 11.3 Å². The van der Waals surface area contributed by atoms with E-state index in [4.69, 9.17) is 10.5 Å². The minimum atomic E-state index is -0.0245. The number of nitrogens with zero attached hydrogens (tertiary/aromatic N) is 2. The van der Waals surface area contributed by atoms with Gasteiger partial charge in [-0.05, 0) is 38.1 Å². The molecule has 2 unspecified atom stereocenters. The van der Waals surface area contributed by atoms with Gasteiger partial charge in [0.05, 0.1) is 11.6 Å². The Bertz CT molecular complexity index is 357. The van der Waals surface area contributed by atoms with Crippen molar-refractivity contribution in [3.8, 4) is 0 Å². The smallest absolute Gasteiger partial charge is 0.0743 e. The van der Waals surface area contributed by atoms with Crippen LogP contribution in [0.15, 0.2) is 24.5 Å². The third-order valence-corrected chi connectivity index (χ3v) is 3.94. The normalized spacial score (nSPS) is 28.8. The van der Waals surface area contributed by atoms with Gasteiger partial charge in [-0.1, -0.05) is 0 Å². The largest absolute Gasteiger partial charge is 0.376 e. The lowest BCUT2D eigenvalue weighted by atomic mass is 9.90. The zero-order valence-electron chi connectivity index (χ0n) is 10.6. The highest BCUT2D eigenvalue weighted by atomic mass is 16.5. The van der Waals surface area contributed by atoms with E-state index >= 15 is 0 Å². The Morgan fingerprint density at radius 2 is 2.24 bits per heavy atom. The lowest BCUT2D eigenvalue weighted by Crippen LogP contribution is -2.56. The molecule has 1 aromatic heterocycles. The summed E-state index contributed by atoms with van der Waals surface area (Å²) in [6, 6.07) is 4.09. The topological polar surface area (TPSA) is 51.4 Å². The predicted molar refractivity (Wildman–Crippen MR) is 67.5 cm³/mol. The van der Waals surface area contributed by atoms with E-state index < -0.39 is 0 Å². The summed E-state index contributed by atoms with van der Waals surface area (Å²) in [6.45, 7) is 4.44. The Morgan fingerprint density at radius 3 is 2.76 bits per heavy atom. The van der Waals surface area contributed by atoms with Gasteiger partial charge in [-0.2, -0.15) is 0 Å². The molecule has 0 bridgehead atoms. The maximum Gasteiger partial charge on any atom is 0.0743 e. The highest BCUT2D eigenvalue weighted by molar-refractivity contribution is 5.11. The fourth-order valence-electron chi connectivity index (χ4n) is 2.62. The lowest BCUT2D eigenvalue weighted by molar-refractivity contribution is 0.0245. The molecule has 2 atom stereocenters. The van der Waals surface area contributed by atoms with E-state index in [2.05, 4.69) is 23.9 Å². The summed E-state index contributed by atoms with van der Waals surface area (Å²) in [7, 11) is 2.12. The summed E-state index contributed by atoms with van der Waals surface area (Å²) in [6.07, 6.45) is 4.85. The monoisotopic (exact) mass is 235 g/mol. The zero-order chi connectivity index (χ0) is 12.3. The molecule has 1 fully saturated rings. The molecule has 0 spiro atoms. The molecular formula is C13H21N3O. The van der Waals surface area contributed by atoms with Crippen LogP contribution < -0.4 is 5.73 Å². The summed E-state index contributed by atoms with van der Waals surface area (Å²) in [5, 5.41) is 0. The van der Waals surface area contributed by atoms with Gasteiger partial charge >= 0.3 is 0 Å². The van der Waals surface area contributed by atoms with Crippen molar-refractivity contribution in [2.45, 2.75) is 31.5 Å². The van der Waals surface area contributed by atoms with Crippen LogP contribution in [0.3, 0.4) is 0 Å². The van der Waals surface area contributed by atoms with Crippen molar-refractivity contribution in [2.24, 2.45) is 5.73 Å². The summed E-state index contributed by atoms with van der Waals surface area (Å²) in [5.41, 5.74) is 7.21. The molecule has 2 heterocycles. The number of likely N-dealkylation sites (N-methyl/N-ethyl adjacent to an activating group) is 1. The van der Waals surface area contributed by atoms with Gasteiger partial charge in [0.1, 0.15) is 0 Å². The predicted octanol–water partition coefficient (Wildman–Crippen LogP) is 1.02. The molecule has 2 rings (SSSR count). The number of aromatic nitrogens is 1. The minimum Gasteiger partial charge on any atom is -0.376 e. The van der Waals surface area contributed by atoms with Crippen LogP contribution in [0.25, 0.3) is 0 Å². The fraction of sp³-hybridized carbons (Fsp3) is 0.615. The third-order valence-electron chi connectivity index (χ3n) is 3.94. The second-order valence-corrected chi connectivity index (χ2v) is 4.78. The molecule has 1 aromatic rings. The van der Waals surface area contributed by atoms with Gasteiger partial charge in [0.15, 0.2) is 0 Å². The maximum atomic E-state index is 5.98. The molecule has 17 heavy (non-hydrogen) atoms. The molecular weight excluding hydrogens is 214 g/mol. The van der Waals surface area contributed by atoms with E-state index in [-0.39, 0.29) is 11.6 Å². The molecule has 4 nitrogen and oxygen atoms in total. The second kappa shape index (κ2) is 5.12. The van der Waals surface area contributed by atoms with Crippen molar-refractivity contribution in [2.75, 3.05) is 20.2 Å². The Hall–Kier alpha value is -0.970. The molecule has 4 heteroatoms. The van der Waals surface area contributed by atoms with Crippen LogP contribution in [0.1, 0.15) is 18.9 Å². The van der Waals surface area contributed by atoms with Crippen LogP contribution in [0.5, 0.6) is 0 Å². The first-order chi connectivity index (χ1) is 8.19. The highest BCUT2D eigenvalue weighted by Gasteiger charge is 2.43. The van der Waals surface area contributed by atoms with Crippen LogP contribution >= 0.6 is 0 Å². The number of hydrogen-bond donors (Lipinski definition) is 1. The molecule has 0 radical (unpaired) electrons. The summed E-state index contributed by atoms with van der Waals surface area (Å²) >= 11 is 0. The van der Waals surface area contributed by atoms with Crippen LogP contribution in [0, 0.1) is 0 Å². The molecule has 1 saturated heterocycles. The molecule has 94 valence electrons. The van der Waals surface area contributed by atoms with Gasteiger partial charge in [-0.3, -0.25) is 9.88 Å². The average molecular weight is 235 g/mol. The quantitative estimate of drug-likeness (QED) is 0.846. The van der Waals surface area contributed by atoms with Gasteiger partial charge in [0.25, 0.3) is 0 Å². The van der Waals surface area contributed by atoms with Gasteiger partial charge in [0.2, 0.25) is 0 Å². The zero-order valence-corrected chi connectivity index (χ0v) is 10.6. The highest BCUT2D eigenvalue weighted by Crippen LogP contribution is 2.31. The molecule has 0 aliphatic carbocycles. The van der Waals surface area contributed by atoms with Gasteiger partial charge in [-0.25, -0.2) is 0 Å². The Balaban J connectivity index is 2.10. The molecule has 2 N–H and O–H groups in total. The number of rotatable bonds is 4. The number of ether oxygens (including phenoxy) is 1. The van der Waals surface area contributed by atoms with Crippen LogP contribution in [-0.4, -0.2) is 41.7 Å². The summed E-state index contributed by atoms with van der Waals surface area (Å²) < 4.78 is 5.68. The van der Waals surface area contributed by atoms with E-state index in [1.54, 1.807) is 0 Å². The molecule has 0 amide bonds. The minimum absolute atomic E-state index is 0.0245. The van der Waals surface area contributed by atoms with Crippen molar-refractivity contribution >= 4 is 0 Å². The van der Waals surface area contributed by atoms with Crippen LogP contribution in [0.4, 0.5) is 0 Å². The molecule has 1 aliphatic rings. The van der Waals surface area contributed by atoms with Crippen molar-refractivity contribution in [1.29, 1.82) is 0 Å². The summed E-state index contributed by atoms with van der Waals surface area (Å²) in [5.74, 6) is 0. The molecule has 0 saturated carbocycles. The second-order valence-electron chi connectivity index (χ2n) is 4.78. The number of nitrogens with two attached hydrogens (primary N) is 1. The fourth-order valence-corrected chi connectivity index (χ4v) is 2.62. The van der Waals surface area contributed by atoms with Crippen molar-refractivity contribution in [3.05, 3.63) is 30.1 Å². The van der Waals surface area contributed by atoms with E-state index in [1.165, 1.54) is 5.56 Å². The van der Waals surface area contributed by atoms with Gasteiger partial charge in [-0.15, -0.1) is 0 Å².